The molecule has 1 aromatic heterocycles. The van der Waals surface area contributed by atoms with Crippen LogP contribution in [0.2, 0.25) is 5.02 Å². The van der Waals surface area contributed by atoms with Gasteiger partial charge in [0.05, 0.1) is 5.02 Å². The molecule has 0 fully saturated rings. The molecule has 0 saturated heterocycles. The van der Waals surface area contributed by atoms with E-state index in [2.05, 4.69) is 9.72 Å². The van der Waals surface area contributed by atoms with Gasteiger partial charge in [0, 0.05) is 11.3 Å². The smallest absolute Gasteiger partial charge is 0.387 e. The minimum Gasteiger partial charge on any atom is -0.435 e. The Balaban J connectivity index is 1.98. The monoisotopic (exact) mass is 484 g/mol. The summed E-state index contributed by atoms with van der Waals surface area (Å²) in [6, 6.07) is 7.95. The zero-order chi connectivity index (χ0) is 23.6. The van der Waals surface area contributed by atoms with E-state index in [-0.39, 0.29) is 37.8 Å². The number of ketones is 1. The molecule has 0 spiro atoms. The second kappa shape index (κ2) is 9.45. The second-order valence-electron chi connectivity index (χ2n) is 6.49. The molecule has 32 heavy (non-hydrogen) atoms. The Hall–Kier alpha value is -3.31. The number of benzene rings is 2. The normalized spacial score (nSPS) is 11.9. The lowest BCUT2D eigenvalue weighted by Crippen LogP contribution is -2.40. The summed E-state index contributed by atoms with van der Waals surface area (Å²) in [5.74, 6) is -2.21. The third-order valence-corrected chi connectivity index (χ3v) is 5.75. The van der Waals surface area contributed by atoms with Gasteiger partial charge in [-0.25, -0.2) is 9.37 Å². The molecule has 4 N–H and O–H groups in total. The van der Waals surface area contributed by atoms with E-state index in [0.29, 0.717) is 0 Å². The quantitative estimate of drug-likeness (QED) is 0.459. The number of hydrogen-bond donors (Lipinski definition) is 2. The first-order chi connectivity index (χ1) is 15.1. The van der Waals surface area contributed by atoms with E-state index >= 15 is 0 Å². The fourth-order valence-corrected chi connectivity index (χ4v) is 3.93. The van der Waals surface area contributed by atoms with Gasteiger partial charge in [-0.3, -0.25) is 9.59 Å². The van der Waals surface area contributed by atoms with Gasteiger partial charge in [-0.15, -0.1) is 0 Å². The fourth-order valence-electron chi connectivity index (χ4n) is 2.77. The number of thiazole rings is 1. The van der Waals surface area contributed by atoms with Crippen molar-refractivity contribution < 1.29 is 27.5 Å². The molecule has 3 rings (SSSR count). The van der Waals surface area contributed by atoms with Crippen LogP contribution in [-0.4, -0.2) is 29.3 Å². The highest BCUT2D eigenvalue weighted by molar-refractivity contribution is 7.18. The minimum absolute atomic E-state index is 0.0404. The van der Waals surface area contributed by atoms with Crippen LogP contribution >= 0.6 is 22.9 Å². The van der Waals surface area contributed by atoms with Crippen molar-refractivity contribution in [3.63, 3.8) is 0 Å². The van der Waals surface area contributed by atoms with Crippen LogP contribution in [0.25, 0.3) is 0 Å². The highest BCUT2D eigenvalue weighted by atomic mass is 35.5. The van der Waals surface area contributed by atoms with Crippen molar-refractivity contribution in [1.29, 1.82) is 0 Å². The van der Waals surface area contributed by atoms with E-state index in [1.165, 1.54) is 48.2 Å². The van der Waals surface area contributed by atoms with E-state index < -0.39 is 30.2 Å². The van der Waals surface area contributed by atoms with Gasteiger partial charge in [0.1, 0.15) is 28.3 Å². The molecular weight excluding hydrogens is 469 g/mol. The number of halogens is 4. The molecule has 168 valence electrons. The van der Waals surface area contributed by atoms with Crippen molar-refractivity contribution in [1.82, 2.24) is 4.98 Å². The van der Waals surface area contributed by atoms with Crippen LogP contribution in [0.3, 0.4) is 0 Å². The maximum Gasteiger partial charge on any atom is 0.387 e. The van der Waals surface area contributed by atoms with Gasteiger partial charge in [0.25, 0.3) is 0 Å². The van der Waals surface area contributed by atoms with Gasteiger partial charge in [-0.05, 0) is 49.4 Å². The lowest BCUT2D eigenvalue weighted by molar-refractivity contribution is -0.118. The summed E-state index contributed by atoms with van der Waals surface area (Å²) in [5, 5.41) is 0.00532. The number of carbonyl (C=O) groups excluding carboxylic acids is 2. The summed E-state index contributed by atoms with van der Waals surface area (Å²) < 4.78 is 42.9. The predicted octanol–water partition coefficient (Wildman–Crippen LogP) is 4.36. The number of nitrogens with two attached hydrogens (primary N) is 2. The molecule has 7 nitrogen and oxygen atoms in total. The molecule has 2 aromatic carbocycles. The molecule has 12 heteroatoms. The lowest BCUT2D eigenvalue weighted by atomic mass is 10.1. The molecule has 1 heterocycles. The number of amides is 1. The van der Waals surface area contributed by atoms with Crippen molar-refractivity contribution >= 4 is 51.3 Å². The molecule has 0 radical (unpaired) electrons. The third-order valence-electron chi connectivity index (χ3n) is 4.38. The van der Waals surface area contributed by atoms with Crippen LogP contribution < -0.4 is 21.1 Å². The van der Waals surface area contributed by atoms with Crippen LogP contribution in [0.5, 0.6) is 5.75 Å². The van der Waals surface area contributed by atoms with Crippen LogP contribution in [0, 0.1) is 5.82 Å². The summed E-state index contributed by atoms with van der Waals surface area (Å²) in [6.07, 6.45) is 0. The zero-order valence-corrected chi connectivity index (χ0v) is 18.0. The summed E-state index contributed by atoms with van der Waals surface area (Å²) >= 11 is 6.60. The van der Waals surface area contributed by atoms with Gasteiger partial charge in [0.2, 0.25) is 11.7 Å². The molecule has 0 aliphatic rings. The standard InChI is InChI=1S/C20H16ClF3N4O3S/c1-9(18(26)30)28(11-4-7-13(21)14(22)8-11)20-27-17(25)16(32-20)15(29)10-2-5-12(6-3-10)31-19(23)24/h2-9,19H,25H2,1H3,(H2,26,30)/t9-/m1/s1. The number of alkyl halides is 2. The first-order valence-corrected chi connectivity index (χ1v) is 10.2. The van der Waals surface area contributed by atoms with Crippen molar-refractivity contribution in [2.75, 3.05) is 10.6 Å². The number of anilines is 3. The molecule has 1 atom stereocenters. The number of nitrogens with zero attached hydrogens (tertiary/aromatic N) is 2. The second-order valence-corrected chi connectivity index (χ2v) is 7.87. The lowest BCUT2D eigenvalue weighted by Gasteiger charge is -2.26. The predicted molar refractivity (Wildman–Crippen MR) is 115 cm³/mol. The third kappa shape index (κ3) is 4.94. The van der Waals surface area contributed by atoms with Gasteiger partial charge in [0.15, 0.2) is 5.13 Å². The van der Waals surface area contributed by atoms with E-state index in [1.54, 1.807) is 0 Å². The van der Waals surface area contributed by atoms with Gasteiger partial charge in [-0.1, -0.05) is 22.9 Å². The Morgan fingerprint density at radius 2 is 1.84 bits per heavy atom. The van der Waals surface area contributed by atoms with Crippen LogP contribution in [0.4, 0.5) is 29.8 Å². The van der Waals surface area contributed by atoms with Crippen molar-refractivity contribution in [2.45, 2.75) is 19.6 Å². The molecule has 0 bridgehead atoms. The maximum atomic E-state index is 14.0. The summed E-state index contributed by atoms with van der Waals surface area (Å²) in [4.78, 5) is 30.3. The maximum absolute atomic E-state index is 14.0. The topological polar surface area (TPSA) is 112 Å². The summed E-state index contributed by atoms with van der Waals surface area (Å²) in [7, 11) is 0. The molecular formula is C20H16ClF3N4O3S. The molecule has 0 saturated carbocycles. The number of hydrogen-bond acceptors (Lipinski definition) is 7. The number of aromatic nitrogens is 1. The molecule has 0 aliphatic carbocycles. The van der Waals surface area contributed by atoms with Crippen molar-refractivity contribution in [2.24, 2.45) is 5.73 Å². The van der Waals surface area contributed by atoms with Crippen LogP contribution in [-0.2, 0) is 4.79 Å². The van der Waals surface area contributed by atoms with Gasteiger partial charge in [-0.2, -0.15) is 8.78 Å². The number of carbonyl (C=O) groups is 2. The molecule has 0 unspecified atom stereocenters. The Bertz CT molecular complexity index is 1160. The van der Waals surface area contributed by atoms with Gasteiger partial charge >= 0.3 is 6.61 Å². The average Bonchev–Trinajstić information content (AvgIpc) is 3.11. The van der Waals surface area contributed by atoms with Crippen molar-refractivity contribution in [3.05, 3.63) is 63.7 Å². The number of nitrogen functional groups attached to an aromatic ring is 1. The number of ether oxygens (including phenoxy) is 1. The van der Waals surface area contributed by atoms with E-state index in [1.807, 2.05) is 0 Å². The van der Waals surface area contributed by atoms with E-state index in [4.69, 9.17) is 23.1 Å². The average molecular weight is 485 g/mol. The fraction of sp³-hybridized carbons (Fsp3) is 0.150. The van der Waals surface area contributed by atoms with Crippen LogP contribution in [0.15, 0.2) is 42.5 Å². The molecule has 3 aromatic rings. The SMILES string of the molecule is C[C@H](C(N)=O)N(c1ccc(Cl)c(F)c1)c1nc(N)c(C(=O)c2ccc(OC(F)F)cc2)s1. The number of primary amides is 1. The molecule has 1 amide bonds. The summed E-state index contributed by atoms with van der Waals surface area (Å²) in [6.45, 7) is -1.51. The summed E-state index contributed by atoms with van der Waals surface area (Å²) in [5.41, 5.74) is 11.7. The minimum atomic E-state index is -2.99. The number of rotatable bonds is 8. The van der Waals surface area contributed by atoms with E-state index in [0.717, 1.165) is 17.4 Å². The Morgan fingerprint density at radius 1 is 1.19 bits per heavy atom. The van der Waals surface area contributed by atoms with Crippen molar-refractivity contribution in [3.8, 4) is 5.75 Å². The Kier molecular flexibility index (Phi) is 6.90. The first-order valence-electron chi connectivity index (χ1n) is 8.98. The van der Waals surface area contributed by atoms with Gasteiger partial charge < -0.3 is 21.1 Å². The van der Waals surface area contributed by atoms with Crippen LogP contribution in [0.1, 0.15) is 22.2 Å². The zero-order valence-electron chi connectivity index (χ0n) is 16.4. The molecule has 0 aliphatic heterocycles. The van der Waals surface area contributed by atoms with E-state index in [9.17, 15) is 22.8 Å². The highest BCUT2D eigenvalue weighted by Gasteiger charge is 2.28. The highest BCUT2D eigenvalue weighted by Crippen LogP contribution is 2.37. The largest absolute Gasteiger partial charge is 0.435 e. The Labute approximate surface area is 189 Å². The Morgan fingerprint density at radius 3 is 2.41 bits per heavy atom. The first kappa shape index (κ1) is 23.4.